The highest BCUT2D eigenvalue weighted by Gasteiger charge is 2.21. The van der Waals surface area contributed by atoms with E-state index >= 15 is 0 Å². The Morgan fingerprint density at radius 1 is 1.36 bits per heavy atom. The number of aryl methyl sites for hydroxylation is 1. The number of ether oxygens (including phenoxy) is 1. The van der Waals surface area contributed by atoms with E-state index < -0.39 is 5.97 Å². The molecule has 22 heavy (non-hydrogen) atoms. The number of nitrogens with zero attached hydrogens (tertiary/aromatic N) is 3. The number of furan rings is 1. The normalized spacial score (nSPS) is 9.91. The molecule has 0 aliphatic heterocycles. The number of ketones is 1. The molecule has 0 unspecified atom stereocenters. The molecule has 2 heterocycles. The Morgan fingerprint density at radius 2 is 2.09 bits per heavy atom. The monoisotopic (exact) mass is 300 g/mol. The van der Waals surface area contributed by atoms with Crippen molar-refractivity contribution in [3.63, 3.8) is 0 Å². The van der Waals surface area contributed by atoms with Gasteiger partial charge in [0.05, 0.1) is 12.7 Å². The Morgan fingerprint density at radius 3 is 2.59 bits per heavy atom. The third kappa shape index (κ3) is 2.78. The first-order chi connectivity index (χ1) is 10.5. The van der Waals surface area contributed by atoms with E-state index in [0.717, 1.165) is 0 Å². The van der Waals surface area contributed by atoms with Crippen LogP contribution in [-0.4, -0.2) is 29.1 Å². The average Bonchev–Trinajstić information content (AvgIpc) is 2.82. The van der Waals surface area contributed by atoms with Crippen LogP contribution in [0.3, 0.4) is 0 Å². The summed E-state index contributed by atoms with van der Waals surface area (Å²) in [4.78, 5) is 22.8. The SMILES string of the molecule is COC(=O)c1ccc(Nc2oc(C)c(C(C)=O)c2C#N)nn1. The highest BCUT2D eigenvalue weighted by atomic mass is 16.5. The van der Waals surface area contributed by atoms with Crippen molar-refractivity contribution in [3.05, 3.63) is 34.7 Å². The lowest BCUT2D eigenvalue weighted by Gasteiger charge is -2.02. The Hall–Kier alpha value is -3.21. The lowest BCUT2D eigenvalue weighted by atomic mass is 10.1. The molecule has 0 aromatic carbocycles. The molecule has 2 rings (SSSR count). The van der Waals surface area contributed by atoms with Gasteiger partial charge in [0.25, 0.3) is 0 Å². The summed E-state index contributed by atoms with van der Waals surface area (Å²) in [5.41, 5.74) is 0.376. The number of methoxy groups -OCH3 is 1. The van der Waals surface area contributed by atoms with Crippen molar-refractivity contribution in [2.24, 2.45) is 0 Å². The summed E-state index contributed by atoms with van der Waals surface area (Å²) in [6.07, 6.45) is 0. The third-order valence-corrected chi connectivity index (χ3v) is 2.85. The maximum absolute atomic E-state index is 11.5. The first-order valence-corrected chi connectivity index (χ1v) is 6.21. The van der Waals surface area contributed by atoms with Gasteiger partial charge in [-0.15, -0.1) is 10.2 Å². The minimum absolute atomic E-state index is 0.0496. The van der Waals surface area contributed by atoms with Crippen LogP contribution in [0.1, 0.15) is 39.1 Å². The minimum atomic E-state index is -0.607. The first kappa shape index (κ1) is 15.2. The number of hydrogen-bond acceptors (Lipinski definition) is 8. The fourth-order valence-electron chi connectivity index (χ4n) is 1.89. The van der Waals surface area contributed by atoms with E-state index in [0.29, 0.717) is 5.76 Å². The zero-order valence-electron chi connectivity index (χ0n) is 12.1. The largest absolute Gasteiger partial charge is 0.464 e. The zero-order valence-corrected chi connectivity index (χ0v) is 12.1. The number of esters is 1. The molecule has 0 atom stereocenters. The van der Waals surface area contributed by atoms with E-state index in [1.807, 2.05) is 6.07 Å². The molecule has 0 aliphatic carbocycles. The van der Waals surface area contributed by atoms with Crippen LogP contribution in [0.2, 0.25) is 0 Å². The third-order valence-electron chi connectivity index (χ3n) is 2.85. The van der Waals surface area contributed by atoms with Gasteiger partial charge in [-0.3, -0.25) is 4.79 Å². The number of Topliss-reactive ketones (excluding diaryl/α,β-unsaturated/α-hetero) is 1. The van der Waals surface area contributed by atoms with Gasteiger partial charge in [0.2, 0.25) is 5.88 Å². The van der Waals surface area contributed by atoms with E-state index in [2.05, 4.69) is 20.3 Å². The Kier molecular flexibility index (Phi) is 4.18. The van der Waals surface area contributed by atoms with E-state index in [4.69, 9.17) is 4.42 Å². The summed E-state index contributed by atoms with van der Waals surface area (Å²) < 4.78 is 9.90. The molecule has 1 N–H and O–H groups in total. The highest BCUT2D eigenvalue weighted by Crippen LogP contribution is 2.28. The fourth-order valence-corrected chi connectivity index (χ4v) is 1.89. The summed E-state index contributed by atoms with van der Waals surface area (Å²) in [6.45, 7) is 2.95. The fraction of sp³-hybridized carbons (Fsp3) is 0.214. The zero-order chi connectivity index (χ0) is 16.3. The molecule has 0 saturated carbocycles. The van der Waals surface area contributed by atoms with Crippen molar-refractivity contribution in [2.75, 3.05) is 12.4 Å². The summed E-state index contributed by atoms with van der Waals surface area (Å²) in [5, 5.41) is 19.4. The van der Waals surface area contributed by atoms with Gasteiger partial charge < -0.3 is 14.5 Å². The molecule has 2 aromatic heterocycles. The molecular formula is C14H12N4O4. The van der Waals surface area contributed by atoms with E-state index in [-0.39, 0.29) is 34.3 Å². The molecule has 0 spiro atoms. The number of rotatable bonds is 4. The summed E-state index contributed by atoms with van der Waals surface area (Å²) in [5.74, 6) is -0.175. The second kappa shape index (κ2) is 6.05. The van der Waals surface area contributed by atoms with Gasteiger partial charge in [-0.1, -0.05) is 0 Å². The molecule has 0 aliphatic rings. The van der Waals surface area contributed by atoms with Gasteiger partial charge in [-0.2, -0.15) is 5.26 Å². The second-order valence-corrected chi connectivity index (χ2v) is 4.33. The van der Waals surface area contributed by atoms with Gasteiger partial charge in [-0.25, -0.2) is 4.79 Å². The molecule has 8 heteroatoms. The van der Waals surface area contributed by atoms with E-state index in [9.17, 15) is 14.9 Å². The predicted molar refractivity (Wildman–Crippen MR) is 74.8 cm³/mol. The summed E-state index contributed by atoms with van der Waals surface area (Å²) in [6, 6.07) is 4.82. The van der Waals surface area contributed by atoms with Gasteiger partial charge in [-0.05, 0) is 26.0 Å². The average molecular weight is 300 g/mol. The number of anilines is 2. The van der Waals surface area contributed by atoms with Crippen LogP contribution in [0.5, 0.6) is 0 Å². The molecule has 2 aromatic rings. The van der Waals surface area contributed by atoms with Crippen LogP contribution in [0, 0.1) is 18.3 Å². The second-order valence-electron chi connectivity index (χ2n) is 4.33. The number of nitriles is 1. The van der Waals surface area contributed by atoms with Gasteiger partial charge in [0.15, 0.2) is 17.3 Å². The van der Waals surface area contributed by atoms with Crippen molar-refractivity contribution in [1.29, 1.82) is 5.26 Å². The standard InChI is InChI=1S/C14H12N4O4/c1-7(19)12-8(2)22-13(9(12)6-15)16-11-5-4-10(17-18-11)14(20)21-3/h4-5H,1-3H3,(H,16,18). The van der Waals surface area contributed by atoms with Crippen molar-refractivity contribution in [3.8, 4) is 6.07 Å². The van der Waals surface area contributed by atoms with Crippen LogP contribution >= 0.6 is 0 Å². The quantitative estimate of drug-likeness (QED) is 0.672. The Bertz CT molecular complexity index is 771. The van der Waals surface area contributed by atoms with Crippen molar-refractivity contribution in [1.82, 2.24) is 10.2 Å². The van der Waals surface area contributed by atoms with Gasteiger partial charge >= 0.3 is 5.97 Å². The number of aromatic nitrogens is 2. The number of hydrogen-bond donors (Lipinski definition) is 1. The van der Waals surface area contributed by atoms with Crippen molar-refractivity contribution >= 4 is 23.5 Å². The van der Waals surface area contributed by atoms with E-state index in [1.165, 1.54) is 26.2 Å². The van der Waals surface area contributed by atoms with Crippen LogP contribution in [0.4, 0.5) is 11.7 Å². The molecule has 8 nitrogen and oxygen atoms in total. The van der Waals surface area contributed by atoms with Gasteiger partial charge in [0, 0.05) is 0 Å². The molecule has 0 saturated heterocycles. The number of carbonyl (C=O) groups is 2. The predicted octanol–water partition coefficient (Wildman–Crippen LogP) is 1.98. The maximum Gasteiger partial charge on any atom is 0.358 e. The highest BCUT2D eigenvalue weighted by molar-refractivity contribution is 5.99. The maximum atomic E-state index is 11.5. The molecular weight excluding hydrogens is 288 g/mol. The van der Waals surface area contributed by atoms with Crippen molar-refractivity contribution in [2.45, 2.75) is 13.8 Å². The molecule has 0 bridgehead atoms. The van der Waals surface area contributed by atoms with Crippen LogP contribution in [0.25, 0.3) is 0 Å². The summed E-state index contributed by atoms with van der Waals surface area (Å²) >= 11 is 0. The van der Waals surface area contributed by atoms with Crippen LogP contribution in [-0.2, 0) is 4.74 Å². The molecule has 0 radical (unpaired) electrons. The topological polar surface area (TPSA) is 118 Å². The van der Waals surface area contributed by atoms with Crippen molar-refractivity contribution < 1.29 is 18.7 Å². The van der Waals surface area contributed by atoms with Gasteiger partial charge in [0.1, 0.15) is 17.4 Å². The Balaban J connectivity index is 2.32. The first-order valence-electron chi connectivity index (χ1n) is 6.21. The van der Waals surface area contributed by atoms with Crippen LogP contribution in [0.15, 0.2) is 16.5 Å². The van der Waals surface area contributed by atoms with E-state index in [1.54, 1.807) is 6.92 Å². The minimum Gasteiger partial charge on any atom is -0.464 e. The molecule has 0 fully saturated rings. The lowest BCUT2D eigenvalue weighted by Crippen LogP contribution is -2.06. The number of nitrogens with one attached hydrogen (secondary N) is 1. The summed E-state index contributed by atoms with van der Waals surface area (Å²) in [7, 11) is 1.24. The Labute approximate surface area is 125 Å². The molecule has 0 amide bonds. The smallest absolute Gasteiger partial charge is 0.358 e. The number of carbonyl (C=O) groups excluding carboxylic acids is 2. The van der Waals surface area contributed by atoms with Crippen LogP contribution < -0.4 is 5.32 Å². The lowest BCUT2D eigenvalue weighted by molar-refractivity contribution is 0.0592. The molecule has 112 valence electrons.